The molecule has 0 amide bonds. The maximum Gasteiger partial charge on any atom is 0.243 e. The Morgan fingerprint density at radius 2 is 2.16 bits per heavy atom. The van der Waals surface area contributed by atoms with E-state index in [1.807, 2.05) is 0 Å². The highest BCUT2D eigenvalue weighted by atomic mass is 79.9. The number of benzene rings is 1. The van der Waals surface area contributed by atoms with E-state index < -0.39 is 15.8 Å². The van der Waals surface area contributed by atoms with E-state index in [2.05, 4.69) is 15.9 Å². The van der Waals surface area contributed by atoms with Gasteiger partial charge >= 0.3 is 0 Å². The first-order valence-electron chi connectivity index (χ1n) is 6.39. The molecule has 1 heterocycles. The van der Waals surface area contributed by atoms with Crippen molar-refractivity contribution in [3.63, 3.8) is 0 Å². The number of halogens is 2. The van der Waals surface area contributed by atoms with Crippen LogP contribution < -0.4 is 0 Å². The summed E-state index contributed by atoms with van der Waals surface area (Å²) in [5.41, 5.74) is 0. The summed E-state index contributed by atoms with van der Waals surface area (Å²) >= 11 is 3.37. The third-order valence-electron chi connectivity index (χ3n) is 3.42. The van der Waals surface area contributed by atoms with Crippen LogP contribution in [0.25, 0.3) is 0 Å². The highest BCUT2D eigenvalue weighted by Crippen LogP contribution is 2.27. The fraction of sp³-hybridized carbons (Fsp3) is 0.538. The normalized spacial score (nSPS) is 21.5. The van der Waals surface area contributed by atoms with Gasteiger partial charge in [0.2, 0.25) is 10.0 Å². The van der Waals surface area contributed by atoms with Crippen molar-refractivity contribution in [2.24, 2.45) is 0 Å². The van der Waals surface area contributed by atoms with Crippen LogP contribution >= 0.6 is 15.9 Å². The van der Waals surface area contributed by atoms with Crippen LogP contribution in [-0.4, -0.2) is 30.6 Å². The van der Waals surface area contributed by atoms with Gasteiger partial charge in [0.05, 0.1) is 4.90 Å². The van der Waals surface area contributed by atoms with Crippen LogP contribution in [0.5, 0.6) is 0 Å². The average Bonchev–Trinajstić information content (AvgIpc) is 2.39. The van der Waals surface area contributed by atoms with Gasteiger partial charge in [-0.15, -0.1) is 0 Å². The molecule has 19 heavy (non-hydrogen) atoms. The minimum Gasteiger partial charge on any atom is -0.207 e. The summed E-state index contributed by atoms with van der Waals surface area (Å²) in [5.74, 6) is -0.518. The van der Waals surface area contributed by atoms with Crippen LogP contribution in [0.1, 0.15) is 25.7 Å². The van der Waals surface area contributed by atoms with E-state index >= 15 is 0 Å². The van der Waals surface area contributed by atoms with Gasteiger partial charge in [0.15, 0.2) is 0 Å². The molecule has 1 aromatic carbocycles. The van der Waals surface area contributed by atoms with E-state index in [-0.39, 0.29) is 10.9 Å². The Bertz CT molecular complexity index is 533. The Hall–Kier alpha value is -0.460. The van der Waals surface area contributed by atoms with Crippen molar-refractivity contribution in [2.45, 2.75) is 36.6 Å². The smallest absolute Gasteiger partial charge is 0.207 e. The molecule has 0 bridgehead atoms. The molecule has 0 aromatic heterocycles. The van der Waals surface area contributed by atoms with E-state index in [1.165, 1.54) is 22.5 Å². The van der Waals surface area contributed by atoms with Crippen molar-refractivity contribution < 1.29 is 12.8 Å². The first-order chi connectivity index (χ1) is 9.05. The van der Waals surface area contributed by atoms with E-state index in [4.69, 9.17) is 0 Å². The second-order valence-electron chi connectivity index (χ2n) is 4.70. The van der Waals surface area contributed by atoms with Crippen molar-refractivity contribution in [3.05, 3.63) is 30.1 Å². The van der Waals surface area contributed by atoms with Gasteiger partial charge in [-0.2, -0.15) is 4.31 Å². The van der Waals surface area contributed by atoms with Crippen LogP contribution in [0.3, 0.4) is 0 Å². The third-order valence-corrected chi connectivity index (χ3v) is 5.82. The quantitative estimate of drug-likeness (QED) is 0.783. The molecule has 1 fully saturated rings. The minimum atomic E-state index is -3.58. The largest absolute Gasteiger partial charge is 0.243 e. The van der Waals surface area contributed by atoms with Gasteiger partial charge in [-0.3, -0.25) is 0 Å². The Balaban J connectivity index is 2.31. The predicted octanol–water partition coefficient (Wildman–Crippen LogP) is 3.15. The molecule has 1 aliphatic rings. The number of hydrogen-bond donors (Lipinski definition) is 0. The number of nitrogens with zero attached hydrogens (tertiary/aromatic N) is 1. The molecule has 1 aromatic rings. The van der Waals surface area contributed by atoms with Crippen LogP contribution in [0.4, 0.5) is 4.39 Å². The van der Waals surface area contributed by atoms with Gasteiger partial charge in [0, 0.05) is 17.9 Å². The van der Waals surface area contributed by atoms with Crippen molar-refractivity contribution in [1.29, 1.82) is 0 Å². The van der Waals surface area contributed by atoms with Crippen molar-refractivity contribution in [3.8, 4) is 0 Å². The van der Waals surface area contributed by atoms with Crippen molar-refractivity contribution >= 4 is 26.0 Å². The van der Waals surface area contributed by atoms with Gasteiger partial charge in [0.1, 0.15) is 5.82 Å². The number of piperidine rings is 1. The molecule has 0 aliphatic carbocycles. The zero-order valence-corrected chi connectivity index (χ0v) is 13.0. The topological polar surface area (TPSA) is 37.4 Å². The molecule has 1 aliphatic heterocycles. The molecule has 0 spiro atoms. The fourth-order valence-corrected chi connectivity index (χ4v) is 4.75. The van der Waals surface area contributed by atoms with E-state index in [0.717, 1.165) is 37.1 Å². The molecule has 2 rings (SSSR count). The SMILES string of the molecule is O=S(=O)(c1cccc(F)c1)N1CCCCC1CCBr. The lowest BCUT2D eigenvalue weighted by Gasteiger charge is -2.34. The predicted molar refractivity (Wildman–Crippen MR) is 76.3 cm³/mol. The molecule has 0 saturated carbocycles. The number of rotatable bonds is 4. The van der Waals surface area contributed by atoms with E-state index in [9.17, 15) is 12.8 Å². The van der Waals surface area contributed by atoms with Crippen molar-refractivity contribution in [1.82, 2.24) is 4.31 Å². The lowest BCUT2D eigenvalue weighted by atomic mass is 10.0. The van der Waals surface area contributed by atoms with Crippen LogP contribution in [0.15, 0.2) is 29.2 Å². The molecule has 0 N–H and O–H groups in total. The molecule has 6 heteroatoms. The number of sulfonamides is 1. The third kappa shape index (κ3) is 3.35. The van der Waals surface area contributed by atoms with Gasteiger partial charge in [-0.05, 0) is 37.5 Å². The second-order valence-corrected chi connectivity index (χ2v) is 7.38. The van der Waals surface area contributed by atoms with Crippen LogP contribution in [0, 0.1) is 5.82 Å². The summed E-state index contributed by atoms with van der Waals surface area (Å²) in [5, 5.41) is 0.771. The standard InChI is InChI=1S/C13H17BrFNO2S/c14-8-7-12-5-1-2-9-16(12)19(17,18)13-6-3-4-11(15)10-13/h3-4,6,10,12H,1-2,5,7-9H2. The molecule has 3 nitrogen and oxygen atoms in total. The molecular weight excluding hydrogens is 333 g/mol. The summed E-state index contributed by atoms with van der Waals surface area (Å²) in [6, 6.07) is 5.26. The number of alkyl halides is 1. The second kappa shape index (κ2) is 6.33. The summed E-state index contributed by atoms with van der Waals surface area (Å²) < 4.78 is 39.9. The Kier molecular flexibility index (Phi) is 4.97. The zero-order chi connectivity index (χ0) is 13.9. The molecule has 0 radical (unpaired) electrons. The fourth-order valence-electron chi connectivity index (χ4n) is 2.47. The van der Waals surface area contributed by atoms with E-state index in [0.29, 0.717) is 6.54 Å². The Morgan fingerprint density at radius 3 is 2.84 bits per heavy atom. The Morgan fingerprint density at radius 1 is 1.37 bits per heavy atom. The highest BCUT2D eigenvalue weighted by molar-refractivity contribution is 9.09. The maximum absolute atomic E-state index is 13.2. The number of hydrogen-bond acceptors (Lipinski definition) is 2. The summed E-state index contributed by atoms with van der Waals surface area (Å²) in [7, 11) is -3.58. The highest BCUT2D eigenvalue weighted by Gasteiger charge is 2.33. The average molecular weight is 350 g/mol. The lowest BCUT2D eigenvalue weighted by molar-refractivity contribution is 0.248. The monoisotopic (exact) mass is 349 g/mol. The minimum absolute atomic E-state index is 0.0152. The van der Waals surface area contributed by atoms with Gasteiger partial charge < -0.3 is 0 Å². The lowest BCUT2D eigenvalue weighted by Crippen LogP contribution is -2.43. The summed E-state index contributed by atoms with van der Waals surface area (Å²) in [6.45, 7) is 0.524. The molecule has 1 unspecified atom stereocenters. The zero-order valence-electron chi connectivity index (χ0n) is 10.6. The maximum atomic E-state index is 13.2. The Labute approximate surface area is 122 Å². The van der Waals surface area contributed by atoms with Crippen molar-refractivity contribution in [2.75, 3.05) is 11.9 Å². The summed E-state index contributed by atoms with van der Waals surface area (Å²) in [6.07, 6.45) is 3.58. The first kappa shape index (κ1) is 14.9. The van der Waals surface area contributed by atoms with Gasteiger partial charge in [-0.25, -0.2) is 12.8 Å². The van der Waals surface area contributed by atoms with Crippen LogP contribution in [0.2, 0.25) is 0 Å². The molecular formula is C13H17BrFNO2S. The molecule has 106 valence electrons. The van der Waals surface area contributed by atoms with Crippen LogP contribution in [-0.2, 0) is 10.0 Å². The van der Waals surface area contributed by atoms with Gasteiger partial charge in [0.25, 0.3) is 0 Å². The summed E-state index contributed by atoms with van der Waals surface area (Å²) in [4.78, 5) is 0.0500. The van der Waals surface area contributed by atoms with Gasteiger partial charge in [-0.1, -0.05) is 28.4 Å². The van der Waals surface area contributed by atoms with E-state index in [1.54, 1.807) is 0 Å². The first-order valence-corrected chi connectivity index (χ1v) is 8.95. The molecule has 1 saturated heterocycles. The molecule has 1 atom stereocenters.